The highest BCUT2D eigenvalue weighted by Crippen LogP contribution is 2.24. The molecule has 3 rings (SSSR count). The van der Waals surface area contributed by atoms with Crippen molar-refractivity contribution in [3.8, 4) is 0 Å². The van der Waals surface area contributed by atoms with Gasteiger partial charge in [0, 0.05) is 31.4 Å². The largest absolute Gasteiger partial charge is 0.389 e. The molecule has 1 aliphatic heterocycles. The number of morpholine rings is 1. The fraction of sp³-hybridized carbons (Fsp3) is 0.778. The van der Waals surface area contributed by atoms with E-state index in [9.17, 15) is 9.90 Å². The Morgan fingerprint density at radius 2 is 2.04 bits per heavy atom. The molecule has 0 radical (unpaired) electrons. The fourth-order valence-electron chi connectivity index (χ4n) is 3.94. The number of rotatable bonds is 4. The van der Waals surface area contributed by atoms with Crippen LogP contribution >= 0.6 is 0 Å². The number of nitrogens with one attached hydrogen (secondary N) is 1. The van der Waals surface area contributed by atoms with Crippen molar-refractivity contribution in [3.63, 3.8) is 0 Å². The number of amides is 1. The average Bonchev–Trinajstić information content (AvgIpc) is 3.04. The molecule has 0 unspecified atom stereocenters. The van der Waals surface area contributed by atoms with Crippen LogP contribution in [0.15, 0.2) is 12.3 Å². The predicted molar refractivity (Wildman–Crippen MR) is 94.5 cm³/mol. The SMILES string of the molecule is CC(C)n1nccc1C(=O)N[C@@H]1CCCC[C@@H](N2CCOCC2)[C@@H]1O. The smallest absolute Gasteiger partial charge is 0.269 e. The number of carbonyl (C=O) groups is 1. The molecule has 0 aromatic carbocycles. The molecule has 140 valence electrons. The Morgan fingerprint density at radius 3 is 2.76 bits per heavy atom. The molecule has 3 atom stereocenters. The van der Waals surface area contributed by atoms with Gasteiger partial charge >= 0.3 is 0 Å². The Morgan fingerprint density at radius 1 is 1.32 bits per heavy atom. The third-order valence-corrected chi connectivity index (χ3v) is 5.29. The van der Waals surface area contributed by atoms with E-state index in [4.69, 9.17) is 4.74 Å². The molecular weight excluding hydrogens is 320 g/mol. The van der Waals surface area contributed by atoms with Crippen LogP contribution in [-0.2, 0) is 4.74 Å². The third-order valence-electron chi connectivity index (χ3n) is 5.29. The average molecular weight is 350 g/mol. The van der Waals surface area contributed by atoms with Crippen molar-refractivity contribution in [1.82, 2.24) is 20.0 Å². The van der Waals surface area contributed by atoms with Crippen molar-refractivity contribution >= 4 is 5.91 Å². The molecule has 2 aliphatic rings. The molecule has 7 nitrogen and oxygen atoms in total. The van der Waals surface area contributed by atoms with Crippen LogP contribution in [0, 0.1) is 0 Å². The first-order valence-electron chi connectivity index (χ1n) is 9.42. The van der Waals surface area contributed by atoms with E-state index in [1.165, 1.54) is 0 Å². The summed E-state index contributed by atoms with van der Waals surface area (Å²) in [5.41, 5.74) is 0.550. The summed E-state index contributed by atoms with van der Waals surface area (Å²) >= 11 is 0. The summed E-state index contributed by atoms with van der Waals surface area (Å²) in [6.45, 7) is 7.13. The van der Waals surface area contributed by atoms with E-state index in [-0.39, 0.29) is 24.0 Å². The van der Waals surface area contributed by atoms with Gasteiger partial charge in [0.2, 0.25) is 0 Å². The van der Waals surface area contributed by atoms with Gasteiger partial charge in [0.15, 0.2) is 0 Å². The van der Waals surface area contributed by atoms with Crippen LogP contribution in [0.25, 0.3) is 0 Å². The minimum Gasteiger partial charge on any atom is -0.389 e. The highest BCUT2D eigenvalue weighted by Gasteiger charge is 2.35. The molecule has 2 heterocycles. The van der Waals surface area contributed by atoms with Crippen LogP contribution < -0.4 is 5.32 Å². The van der Waals surface area contributed by atoms with Crippen LogP contribution in [0.5, 0.6) is 0 Å². The molecule has 1 amide bonds. The Labute approximate surface area is 149 Å². The van der Waals surface area contributed by atoms with Gasteiger partial charge in [-0.15, -0.1) is 0 Å². The van der Waals surface area contributed by atoms with Gasteiger partial charge in [-0.25, -0.2) is 0 Å². The van der Waals surface area contributed by atoms with E-state index < -0.39 is 6.10 Å². The number of carbonyl (C=O) groups excluding carboxylic acids is 1. The number of aliphatic hydroxyl groups excluding tert-OH is 1. The quantitative estimate of drug-likeness (QED) is 0.798. The maximum Gasteiger partial charge on any atom is 0.269 e. The maximum absolute atomic E-state index is 12.7. The molecule has 1 saturated carbocycles. The summed E-state index contributed by atoms with van der Waals surface area (Å²) in [5.74, 6) is -0.155. The van der Waals surface area contributed by atoms with Crippen molar-refractivity contribution in [3.05, 3.63) is 18.0 Å². The second kappa shape index (κ2) is 8.29. The first kappa shape index (κ1) is 18.4. The van der Waals surface area contributed by atoms with Gasteiger partial charge in [0.25, 0.3) is 5.91 Å². The zero-order valence-corrected chi connectivity index (χ0v) is 15.2. The summed E-state index contributed by atoms with van der Waals surface area (Å²) in [7, 11) is 0. The molecule has 0 spiro atoms. The summed E-state index contributed by atoms with van der Waals surface area (Å²) in [6, 6.07) is 1.72. The molecule has 2 fully saturated rings. The standard InChI is InChI=1S/C18H30N4O3/c1-13(2)22-16(7-8-19-22)18(24)20-14-5-3-4-6-15(17(14)23)21-9-11-25-12-10-21/h7-8,13-15,17,23H,3-6,9-12H2,1-2H3,(H,20,24)/t14-,15-,17-/m1/s1. The molecule has 1 aromatic heterocycles. The van der Waals surface area contributed by atoms with Crippen molar-refractivity contribution in [1.29, 1.82) is 0 Å². The van der Waals surface area contributed by atoms with Gasteiger partial charge in [-0.3, -0.25) is 14.4 Å². The maximum atomic E-state index is 12.7. The fourth-order valence-corrected chi connectivity index (χ4v) is 3.94. The summed E-state index contributed by atoms with van der Waals surface area (Å²) < 4.78 is 7.15. The first-order chi connectivity index (χ1) is 12.1. The van der Waals surface area contributed by atoms with Crippen LogP contribution in [0.4, 0.5) is 0 Å². The van der Waals surface area contributed by atoms with E-state index in [0.717, 1.165) is 38.8 Å². The molecule has 1 aromatic rings. The number of hydrogen-bond acceptors (Lipinski definition) is 5. The number of aliphatic hydroxyl groups is 1. The zero-order valence-electron chi connectivity index (χ0n) is 15.2. The van der Waals surface area contributed by atoms with E-state index in [1.54, 1.807) is 16.9 Å². The van der Waals surface area contributed by atoms with Gasteiger partial charge in [-0.2, -0.15) is 5.10 Å². The van der Waals surface area contributed by atoms with Crippen LogP contribution in [0.2, 0.25) is 0 Å². The molecule has 7 heteroatoms. The number of ether oxygens (including phenoxy) is 1. The predicted octanol–water partition coefficient (Wildman–Crippen LogP) is 1.20. The Balaban J connectivity index is 1.69. The van der Waals surface area contributed by atoms with E-state index >= 15 is 0 Å². The van der Waals surface area contributed by atoms with Crippen molar-refractivity contribution in [2.75, 3.05) is 26.3 Å². The minimum absolute atomic E-state index is 0.0895. The van der Waals surface area contributed by atoms with Gasteiger partial charge < -0.3 is 15.2 Å². The van der Waals surface area contributed by atoms with E-state index in [0.29, 0.717) is 18.9 Å². The van der Waals surface area contributed by atoms with E-state index in [2.05, 4.69) is 15.3 Å². The molecule has 1 saturated heterocycles. The molecule has 0 bridgehead atoms. The second-order valence-electron chi connectivity index (χ2n) is 7.33. The lowest BCUT2D eigenvalue weighted by atomic mass is 9.99. The van der Waals surface area contributed by atoms with Gasteiger partial charge in [-0.05, 0) is 32.8 Å². The third kappa shape index (κ3) is 4.22. The van der Waals surface area contributed by atoms with Gasteiger partial charge in [0.05, 0.1) is 25.4 Å². The topological polar surface area (TPSA) is 79.6 Å². The Kier molecular flexibility index (Phi) is 6.09. The van der Waals surface area contributed by atoms with Crippen molar-refractivity contribution in [2.24, 2.45) is 0 Å². The highest BCUT2D eigenvalue weighted by molar-refractivity contribution is 5.92. The minimum atomic E-state index is -0.556. The van der Waals surface area contributed by atoms with Crippen LogP contribution in [-0.4, -0.2) is 70.2 Å². The first-order valence-corrected chi connectivity index (χ1v) is 9.42. The van der Waals surface area contributed by atoms with Gasteiger partial charge in [-0.1, -0.05) is 12.8 Å². The van der Waals surface area contributed by atoms with Crippen LogP contribution in [0.3, 0.4) is 0 Å². The van der Waals surface area contributed by atoms with Gasteiger partial charge in [0.1, 0.15) is 5.69 Å². The Bertz CT molecular complexity index is 568. The molecular formula is C18H30N4O3. The normalized spacial score (nSPS) is 28.7. The second-order valence-corrected chi connectivity index (χ2v) is 7.33. The number of nitrogens with zero attached hydrogens (tertiary/aromatic N) is 3. The summed E-state index contributed by atoms with van der Waals surface area (Å²) in [5, 5.41) is 18.3. The molecule has 1 aliphatic carbocycles. The Hall–Kier alpha value is -1.44. The number of aromatic nitrogens is 2. The van der Waals surface area contributed by atoms with Crippen LogP contribution in [0.1, 0.15) is 56.1 Å². The molecule has 25 heavy (non-hydrogen) atoms. The lowest BCUT2D eigenvalue weighted by molar-refractivity contribution is -0.0308. The monoisotopic (exact) mass is 350 g/mol. The van der Waals surface area contributed by atoms with Crippen molar-refractivity contribution < 1.29 is 14.6 Å². The lowest BCUT2D eigenvalue weighted by Crippen LogP contribution is -2.55. The number of hydrogen-bond donors (Lipinski definition) is 2. The molecule has 2 N–H and O–H groups in total. The van der Waals surface area contributed by atoms with Crippen molar-refractivity contribution in [2.45, 2.75) is 63.8 Å². The summed E-state index contributed by atoms with van der Waals surface area (Å²) in [4.78, 5) is 15.0. The lowest BCUT2D eigenvalue weighted by Gasteiger charge is -2.38. The highest BCUT2D eigenvalue weighted by atomic mass is 16.5. The zero-order chi connectivity index (χ0) is 17.8. The summed E-state index contributed by atoms with van der Waals surface area (Å²) in [6.07, 6.45) is 4.97. The van der Waals surface area contributed by atoms with E-state index in [1.807, 2.05) is 13.8 Å².